The SMILES string of the molecule is NCC1CCCc2[nH]c3cc(F)ccc3c21. The Morgan fingerprint density at radius 1 is 1.44 bits per heavy atom. The molecule has 2 nitrogen and oxygen atoms in total. The van der Waals surface area contributed by atoms with Crippen molar-refractivity contribution >= 4 is 10.9 Å². The number of nitrogens with two attached hydrogens (primary N) is 1. The van der Waals surface area contributed by atoms with Crippen molar-refractivity contribution in [2.24, 2.45) is 5.73 Å². The number of rotatable bonds is 1. The highest BCUT2D eigenvalue weighted by Gasteiger charge is 2.23. The minimum Gasteiger partial charge on any atom is -0.358 e. The molecule has 0 aliphatic heterocycles. The van der Waals surface area contributed by atoms with Crippen LogP contribution in [0.15, 0.2) is 18.2 Å². The maximum absolute atomic E-state index is 13.1. The van der Waals surface area contributed by atoms with Crippen LogP contribution in [0.1, 0.15) is 30.0 Å². The molecular weight excluding hydrogens is 203 g/mol. The minimum atomic E-state index is -0.185. The Hall–Kier alpha value is -1.35. The van der Waals surface area contributed by atoms with Gasteiger partial charge in [0.15, 0.2) is 0 Å². The molecule has 0 saturated heterocycles. The number of benzene rings is 1. The number of nitrogens with one attached hydrogen (secondary N) is 1. The zero-order chi connectivity index (χ0) is 11.1. The van der Waals surface area contributed by atoms with Crippen molar-refractivity contribution < 1.29 is 4.39 Å². The Kier molecular flexibility index (Phi) is 2.21. The highest BCUT2D eigenvalue weighted by Crippen LogP contribution is 2.36. The van der Waals surface area contributed by atoms with Crippen molar-refractivity contribution in [3.8, 4) is 0 Å². The normalized spacial score (nSPS) is 20.0. The van der Waals surface area contributed by atoms with Crippen molar-refractivity contribution in [3.05, 3.63) is 35.3 Å². The summed E-state index contributed by atoms with van der Waals surface area (Å²) in [6.07, 6.45) is 3.38. The second kappa shape index (κ2) is 3.59. The van der Waals surface area contributed by atoms with Crippen molar-refractivity contribution in [1.29, 1.82) is 0 Å². The first-order chi connectivity index (χ1) is 7.79. The summed E-state index contributed by atoms with van der Waals surface area (Å²) in [5, 5.41) is 1.14. The van der Waals surface area contributed by atoms with Crippen LogP contribution in [0, 0.1) is 5.82 Å². The second-order valence-electron chi connectivity index (χ2n) is 4.53. The number of halogens is 1. The van der Waals surface area contributed by atoms with Gasteiger partial charge in [0.05, 0.1) is 0 Å². The van der Waals surface area contributed by atoms with Gasteiger partial charge in [-0.2, -0.15) is 0 Å². The molecule has 0 radical (unpaired) electrons. The minimum absolute atomic E-state index is 0.185. The van der Waals surface area contributed by atoms with Crippen LogP contribution in [0.25, 0.3) is 10.9 Å². The lowest BCUT2D eigenvalue weighted by Crippen LogP contribution is -2.17. The standard InChI is InChI=1S/C13H15FN2/c14-9-4-5-10-12(6-9)16-11-3-1-2-8(7-15)13(10)11/h4-6,8,16H,1-3,7,15H2. The van der Waals surface area contributed by atoms with Gasteiger partial charge in [-0.3, -0.25) is 0 Å². The molecule has 1 aromatic heterocycles. The summed E-state index contributed by atoms with van der Waals surface area (Å²) in [4.78, 5) is 3.33. The van der Waals surface area contributed by atoms with Crippen molar-refractivity contribution in [1.82, 2.24) is 4.98 Å². The van der Waals surface area contributed by atoms with Crippen molar-refractivity contribution in [2.45, 2.75) is 25.2 Å². The zero-order valence-electron chi connectivity index (χ0n) is 9.09. The molecule has 1 heterocycles. The van der Waals surface area contributed by atoms with E-state index in [1.807, 2.05) is 6.07 Å². The average molecular weight is 218 g/mol. The van der Waals surface area contributed by atoms with E-state index in [4.69, 9.17) is 5.73 Å². The molecule has 1 atom stereocenters. The van der Waals surface area contributed by atoms with E-state index >= 15 is 0 Å². The van der Waals surface area contributed by atoms with E-state index in [1.165, 1.54) is 23.7 Å². The third kappa shape index (κ3) is 1.35. The monoisotopic (exact) mass is 218 g/mol. The van der Waals surface area contributed by atoms with E-state index in [9.17, 15) is 4.39 Å². The summed E-state index contributed by atoms with van der Waals surface area (Å²) in [6.45, 7) is 0.678. The number of aromatic amines is 1. The Morgan fingerprint density at radius 2 is 2.31 bits per heavy atom. The summed E-state index contributed by atoms with van der Waals surface area (Å²) in [7, 11) is 0. The van der Waals surface area contributed by atoms with E-state index in [2.05, 4.69) is 4.98 Å². The van der Waals surface area contributed by atoms with Gasteiger partial charge in [-0.05, 0) is 55.5 Å². The van der Waals surface area contributed by atoms with Gasteiger partial charge in [-0.15, -0.1) is 0 Å². The number of hydrogen-bond acceptors (Lipinski definition) is 1. The third-order valence-corrected chi connectivity index (χ3v) is 3.55. The topological polar surface area (TPSA) is 41.8 Å². The molecule has 84 valence electrons. The predicted molar refractivity (Wildman–Crippen MR) is 63.0 cm³/mol. The quantitative estimate of drug-likeness (QED) is 0.759. The second-order valence-corrected chi connectivity index (χ2v) is 4.53. The average Bonchev–Trinajstić information content (AvgIpc) is 2.65. The molecule has 1 unspecified atom stereocenters. The van der Waals surface area contributed by atoms with Crippen LogP contribution in [0.2, 0.25) is 0 Å². The first-order valence-corrected chi connectivity index (χ1v) is 5.79. The van der Waals surface area contributed by atoms with Gasteiger partial charge < -0.3 is 10.7 Å². The Morgan fingerprint density at radius 3 is 3.12 bits per heavy atom. The molecule has 1 aromatic carbocycles. The van der Waals surface area contributed by atoms with Gasteiger partial charge in [0.2, 0.25) is 0 Å². The van der Waals surface area contributed by atoms with Crippen molar-refractivity contribution in [3.63, 3.8) is 0 Å². The van der Waals surface area contributed by atoms with E-state index in [0.29, 0.717) is 12.5 Å². The number of hydrogen-bond donors (Lipinski definition) is 2. The number of aryl methyl sites for hydroxylation is 1. The molecule has 16 heavy (non-hydrogen) atoms. The van der Waals surface area contributed by atoms with Gasteiger partial charge in [-0.1, -0.05) is 0 Å². The fraction of sp³-hybridized carbons (Fsp3) is 0.385. The Balaban J connectivity index is 2.26. The van der Waals surface area contributed by atoms with Crippen LogP contribution >= 0.6 is 0 Å². The Labute approximate surface area is 93.6 Å². The van der Waals surface area contributed by atoms with E-state index < -0.39 is 0 Å². The fourth-order valence-electron chi connectivity index (χ4n) is 2.82. The molecular formula is C13H15FN2. The summed E-state index contributed by atoms with van der Waals surface area (Å²) in [6, 6.07) is 4.97. The van der Waals surface area contributed by atoms with Crippen LogP contribution in [0.4, 0.5) is 4.39 Å². The molecule has 0 amide bonds. The highest BCUT2D eigenvalue weighted by atomic mass is 19.1. The maximum Gasteiger partial charge on any atom is 0.125 e. The van der Waals surface area contributed by atoms with E-state index in [1.54, 1.807) is 6.07 Å². The molecule has 0 fully saturated rings. The van der Waals surface area contributed by atoms with Gasteiger partial charge in [0.25, 0.3) is 0 Å². The lowest BCUT2D eigenvalue weighted by Gasteiger charge is -2.21. The lowest BCUT2D eigenvalue weighted by atomic mass is 9.85. The molecule has 3 N–H and O–H groups in total. The molecule has 1 aliphatic rings. The molecule has 0 spiro atoms. The summed E-state index contributed by atoms with van der Waals surface area (Å²) >= 11 is 0. The largest absolute Gasteiger partial charge is 0.358 e. The predicted octanol–water partition coefficient (Wildman–Crippen LogP) is 2.69. The van der Waals surface area contributed by atoms with Crippen molar-refractivity contribution in [2.75, 3.05) is 6.54 Å². The van der Waals surface area contributed by atoms with Gasteiger partial charge in [0.1, 0.15) is 5.82 Å². The first kappa shape index (κ1) is 9.85. The van der Waals surface area contributed by atoms with Crippen LogP contribution in [-0.4, -0.2) is 11.5 Å². The smallest absolute Gasteiger partial charge is 0.125 e. The Bertz CT molecular complexity index is 530. The lowest BCUT2D eigenvalue weighted by molar-refractivity contribution is 0.560. The van der Waals surface area contributed by atoms with Gasteiger partial charge in [0, 0.05) is 16.6 Å². The zero-order valence-corrected chi connectivity index (χ0v) is 9.09. The van der Waals surface area contributed by atoms with Crippen LogP contribution in [0.5, 0.6) is 0 Å². The van der Waals surface area contributed by atoms with Crippen LogP contribution < -0.4 is 5.73 Å². The molecule has 0 bridgehead atoms. The van der Waals surface area contributed by atoms with Crippen LogP contribution in [0.3, 0.4) is 0 Å². The first-order valence-electron chi connectivity index (χ1n) is 5.79. The van der Waals surface area contributed by atoms with Gasteiger partial charge >= 0.3 is 0 Å². The maximum atomic E-state index is 13.1. The number of aromatic nitrogens is 1. The van der Waals surface area contributed by atoms with Crippen LogP contribution in [-0.2, 0) is 6.42 Å². The van der Waals surface area contributed by atoms with E-state index in [-0.39, 0.29) is 5.82 Å². The third-order valence-electron chi connectivity index (χ3n) is 3.55. The number of fused-ring (bicyclic) bond motifs is 3. The highest BCUT2D eigenvalue weighted by molar-refractivity contribution is 5.85. The molecule has 1 aliphatic carbocycles. The number of H-pyrrole nitrogens is 1. The summed E-state index contributed by atoms with van der Waals surface area (Å²) in [5.41, 5.74) is 9.29. The van der Waals surface area contributed by atoms with E-state index in [0.717, 1.165) is 23.7 Å². The summed E-state index contributed by atoms with van der Waals surface area (Å²) in [5.74, 6) is 0.248. The molecule has 3 rings (SSSR count). The molecule has 2 aromatic rings. The van der Waals surface area contributed by atoms with Gasteiger partial charge in [-0.25, -0.2) is 4.39 Å². The molecule has 3 heteroatoms. The fourth-order valence-corrected chi connectivity index (χ4v) is 2.82. The molecule has 0 saturated carbocycles. The summed E-state index contributed by atoms with van der Waals surface area (Å²) < 4.78 is 13.1.